The zero-order chi connectivity index (χ0) is 21.3. The van der Waals surface area contributed by atoms with E-state index < -0.39 is 0 Å². The second-order valence-electron chi connectivity index (χ2n) is 7.60. The second-order valence-corrected chi connectivity index (χ2v) is 7.60. The highest BCUT2D eigenvalue weighted by Crippen LogP contribution is 2.17. The number of hydrogen-bond acceptors (Lipinski definition) is 6. The number of para-hydroxylation sites is 1. The van der Waals surface area contributed by atoms with E-state index in [1.165, 1.54) is 0 Å². The lowest BCUT2D eigenvalue weighted by molar-refractivity contribution is -0.133. The fraction of sp³-hybridized carbons (Fsp3) is 0.375. The number of benzene rings is 2. The smallest absolute Gasteiger partial charge is 0.247 e. The summed E-state index contributed by atoms with van der Waals surface area (Å²) >= 11 is 0. The maximum Gasteiger partial charge on any atom is 0.247 e. The Kier molecular flexibility index (Phi) is 7.28. The van der Waals surface area contributed by atoms with Crippen LogP contribution >= 0.6 is 0 Å². The predicted molar refractivity (Wildman–Crippen MR) is 118 cm³/mol. The molecule has 2 heterocycles. The number of amides is 1. The quantitative estimate of drug-likeness (QED) is 0.495. The maximum absolute atomic E-state index is 12.5. The van der Waals surface area contributed by atoms with Crippen LogP contribution in [-0.4, -0.2) is 65.2 Å². The van der Waals surface area contributed by atoms with Gasteiger partial charge in [0.1, 0.15) is 5.75 Å². The largest absolute Gasteiger partial charge is 0.494 e. The van der Waals surface area contributed by atoms with Crippen LogP contribution in [0.3, 0.4) is 0 Å². The molecule has 0 unspecified atom stereocenters. The summed E-state index contributed by atoms with van der Waals surface area (Å²) in [5.41, 5.74) is 0.933. The molecule has 0 spiro atoms. The summed E-state index contributed by atoms with van der Waals surface area (Å²) in [7, 11) is 0. The van der Waals surface area contributed by atoms with Crippen LogP contribution in [0.25, 0.3) is 11.5 Å². The highest BCUT2D eigenvalue weighted by Gasteiger charge is 2.21. The lowest BCUT2D eigenvalue weighted by Crippen LogP contribution is -2.49. The van der Waals surface area contributed by atoms with Crippen molar-refractivity contribution in [1.82, 2.24) is 20.0 Å². The Labute approximate surface area is 182 Å². The molecule has 3 aromatic rings. The molecule has 1 aliphatic heterocycles. The van der Waals surface area contributed by atoms with Crippen LogP contribution in [0.4, 0.5) is 0 Å². The van der Waals surface area contributed by atoms with Gasteiger partial charge in [-0.3, -0.25) is 9.69 Å². The molecule has 1 fully saturated rings. The van der Waals surface area contributed by atoms with Gasteiger partial charge in [0.05, 0.1) is 6.61 Å². The van der Waals surface area contributed by atoms with Gasteiger partial charge in [-0.05, 0) is 30.7 Å². The third kappa shape index (κ3) is 6.15. The van der Waals surface area contributed by atoms with Gasteiger partial charge in [0.2, 0.25) is 17.7 Å². The van der Waals surface area contributed by atoms with Crippen molar-refractivity contribution < 1.29 is 13.9 Å². The Morgan fingerprint density at radius 3 is 2.39 bits per heavy atom. The Hall–Kier alpha value is -3.19. The van der Waals surface area contributed by atoms with Crippen LogP contribution in [0.1, 0.15) is 18.7 Å². The Morgan fingerprint density at radius 1 is 0.935 bits per heavy atom. The van der Waals surface area contributed by atoms with E-state index in [2.05, 4.69) is 15.1 Å². The van der Waals surface area contributed by atoms with Crippen molar-refractivity contribution in [2.45, 2.75) is 19.3 Å². The summed E-state index contributed by atoms with van der Waals surface area (Å²) in [4.78, 5) is 16.8. The lowest BCUT2D eigenvalue weighted by atomic mass is 10.2. The molecule has 1 aromatic heterocycles. The van der Waals surface area contributed by atoms with E-state index in [1.54, 1.807) is 0 Å². The number of nitrogens with zero attached hydrogens (tertiary/aromatic N) is 4. The highest BCUT2D eigenvalue weighted by molar-refractivity contribution is 5.76. The Bertz CT molecular complexity index is 938. The van der Waals surface area contributed by atoms with Gasteiger partial charge in [-0.15, -0.1) is 10.2 Å². The van der Waals surface area contributed by atoms with Gasteiger partial charge in [-0.25, -0.2) is 0 Å². The minimum absolute atomic E-state index is 0.209. The number of piperazine rings is 1. The molecule has 0 N–H and O–H groups in total. The number of carbonyl (C=O) groups excluding carboxylic acids is 1. The fourth-order valence-corrected chi connectivity index (χ4v) is 3.61. The van der Waals surface area contributed by atoms with E-state index in [4.69, 9.17) is 9.15 Å². The third-order valence-corrected chi connectivity index (χ3v) is 5.40. The van der Waals surface area contributed by atoms with Crippen molar-refractivity contribution in [3.05, 3.63) is 66.6 Å². The Morgan fingerprint density at radius 2 is 1.65 bits per heavy atom. The second kappa shape index (κ2) is 10.7. The summed E-state index contributed by atoms with van der Waals surface area (Å²) in [6.45, 7) is 4.67. The molecule has 0 saturated carbocycles. The van der Waals surface area contributed by atoms with Gasteiger partial charge < -0.3 is 14.1 Å². The molecule has 0 bridgehead atoms. The first kappa shape index (κ1) is 21.1. The van der Waals surface area contributed by atoms with Crippen molar-refractivity contribution in [2.75, 3.05) is 39.3 Å². The van der Waals surface area contributed by atoms with Crippen LogP contribution in [0.5, 0.6) is 5.75 Å². The molecule has 31 heavy (non-hydrogen) atoms. The maximum atomic E-state index is 12.5. The molecule has 1 aliphatic rings. The highest BCUT2D eigenvalue weighted by atomic mass is 16.5. The molecule has 0 atom stereocenters. The van der Waals surface area contributed by atoms with Gasteiger partial charge in [0, 0.05) is 51.1 Å². The topological polar surface area (TPSA) is 71.7 Å². The minimum atomic E-state index is 0.209. The van der Waals surface area contributed by atoms with Crippen LogP contribution in [0.2, 0.25) is 0 Å². The number of hydrogen-bond donors (Lipinski definition) is 0. The summed E-state index contributed by atoms with van der Waals surface area (Å²) < 4.78 is 11.4. The molecule has 0 radical (unpaired) electrons. The van der Waals surface area contributed by atoms with Crippen molar-refractivity contribution >= 4 is 5.91 Å². The first-order chi connectivity index (χ1) is 15.3. The van der Waals surface area contributed by atoms with Crippen LogP contribution in [0, 0.1) is 0 Å². The first-order valence-electron chi connectivity index (χ1n) is 10.8. The first-order valence-corrected chi connectivity index (χ1v) is 10.8. The zero-order valence-corrected chi connectivity index (χ0v) is 17.7. The van der Waals surface area contributed by atoms with Crippen molar-refractivity contribution in [2.24, 2.45) is 0 Å². The monoisotopic (exact) mass is 420 g/mol. The van der Waals surface area contributed by atoms with E-state index in [0.717, 1.165) is 50.5 Å². The van der Waals surface area contributed by atoms with Crippen molar-refractivity contribution in [3.8, 4) is 17.2 Å². The van der Waals surface area contributed by atoms with Gasteiger partial charge in [-0.1, -0.05) is 36.4 Å². The van der Waals surface area contributed by atoms with Crippen LogP contribution in [-0.2, 0) is 11.2 Å². The SMILES string of the molecule is O=C(CCCOc1ccccc1)N1CCN(CCc2nnc(-c3ccccc3)o2)CC1. The molecule has 2 aromatic carbocycles. The molecule has 0 aliphatic carbocycles. The van der Waals surface area contributed by atoms with Crippen molar-refractivity contribution in [3.63, 3.8) is 0 Å². The lowest BCUT2D eigenvalue weighted by Gasteiger charge is -2.34. The summed E-state index contributed by atoms with van der Waals surface area (Å²) in [6, 6.07) is 19.5. The normalized spacial score (nSPS) is 14.5. The predicted octanol–water partition coefficient (Wildman–Crippen LogP) is 3.28. The van der Waals surface area contributed by atoms with E-state index in [1.807, 2.05) is 65.6 Å². The summed E-state index contributed by atoms with van der Waals surface area (Å²) in [6.07, 6.45) is 1.97. The average molecular weight is 421 g/mol. The summed E-state index contributed by atoms with van der Waals surface area (Å²) in [5.74, 6) is 2.26. The molecular weight excluding hydrogens is 392 g/mol. The van der Waals surface area contributed by atoms with Gasteiger partial charge >= 0.3 is 0 Å². The van der Waals surface area contributed by atoms with E-state index in [0.29, 0.717) is 31.2 Å². The van der Waals surface area contributed by atoms with E-state index in [9.17, 15) is 4.79 Å². The average Bonchev–Trinajstić information content (AvgIpc) is 3.31. The molecule has 1 amide bonds. The minimum Gasteiger partial charge on any atom is -0.494 e. The molecular formula is C24H28N4O3. The van der Waals surface area contributed by atoms with Crippen LogP contribution in [0.15, 0.2) is 65.1 Å². The zero-order valence-electron chi connectivity index (χ0n) is 17.7. The molecule has 4 rings (SSSR count). The van der Waals surface area contributed by atoms with E-state index >= 15 is 0 Å². The van der Waals surface area contributed by atoms with Gasteiger partial charge in [-0.2, -0.15) is 0 Å². The molecule has 162 valence electrons. The third-order valence-electron chi connectivity index (χ3n) is 5.40. The number of ether oxygens (including phenoxy) is 1. The fourth-order valence-electron chi connectivity index (χ4n) is 3.61. The van der Waals surface area contributed by atoms with Crippen molar-refractivity contribution in [1.29, 1.82) is 0 Å². The van der Waals surface area contributed by atoms with E-state index in [-0.39, 0.29) is 5.91 Å². The number of aromatic nitrogens is 2. The molecule has 1 saturated heterocycles. The van der Waals surface area contributed by atoms with Gasteiger partial charge in [0.25, 0.3) is 0 Å². The number of rotatable bonds is 9. The van der Waals surface area contributed by atoms with Crippen LogP contribution < -0.4 is 4.74 Å². The summed E-state index contributed by atoms with van der Waals surface area (Å²) in [5, 5.41) is 8.31. The number of carbonyl (C=O) groups is 1. The van der Waals surface area contributed by atoms with Gasteiger partial charge in [0.15, 0.2) is 0 Å². The molecule has 7 heteroatoms. The Balaban J connectivity index is 1.13. The molecule has 7 nitrogen and oxygen atoms in total. The standard InChI is InChI=1S/C24H28N4O3/c29-23(12-7-19-30-21-10-5-2-6-11-21)28-17-15-27(16-18-28)14-13-22-25-26-24(31-22)20-8-3-1-4-9-20/h1-6,8-11H,7,12-19H2.